The quantitative estimate of drug-likeness (QED) is 0.780. The van der Waals surface area contributed by atoms with Crippen LogP contribution in [-0.2, 0) is 14.3 Å². The lowest BCUT2D eigenvalue weighted by Crippen LogP contribution is -2.35. The lowest BCUT2D eigenvalue weighted by atomic mass is 10.1. The van der Waals surface area contributed by atoms with Crippen molar-refractivity contribution in [2.75, 3.05) is 13.2 Å². The van der Waals surface area contributed by atoms with Crippen molar-refractivity contribution in [3.8, 4) is 0 Å². The van der Waals surface area contributed by atoms with Crippen LogP contribution in [0.15, 0.2) is 0 Å². The number of carbonyl (C=O) groups is 1. The predicted octanol–water partition coefficient (Wildman–Crippen LogP) is 1.69. The first-order valence-electron chi connectivity index (χ1n) is 6.01. The molecule has 0 radical (unpaired) electrons. The molecule has 2 atom stereocenters. The van der Waals surface area contributed by atoms with Gasteiger partial charge in [0.05, 0.1) is 6.61 Å². The van der Waals surface area contributed by atoms with Crippen LogP contribution < -0.4 is 5.32 Å². The third-order valence-electron chi connectivity index (χ3n) is 2.82. The maximum atomic E-state index is 11.5. The Labute approximate surface area is 97.7 Å². The molecule has 1 aliphatic heterocycles. The van der Waals surface area contributed by atoms with Gasteiger partial charge in [-0.25, -0.2) is 0 Å². The van der Waals surface area contributed by atoms with Gasteiger partial charge in [-0.1, -0.05) is 20.3 Å². The predicted molar refractivity (Wildman–Crippen MR) is 62.0 cm³/mol. The molecule has 1 saturated heterocycles. The van der Waals surface area contributed by atoms with Crippen molar-refractivity contribution in [2.45, 2.75) is 52.4 Å². The first kappa shape index (κ1) is 13.5. The van der Waals surface area contributed by atoms with Crippen LogP contribution in [0.2, 0.25) is 0 Å². The Morgan fingerprint density at radius 3 is 2.75 bits per heavy atom. The van der Waals surface area contributed by atoms with Gasteiger partial charge in [0.1, 0.15) is 6.10 Å². The molecule has 0 aliphatic carbocycles. The zero-order valence-corrected chi connectivity index (χ0v) is 10.7. The highest BCUT2D eigenvalue weighted by Gasteiger charge is 2.32. The molecule has 4 heteroatoms. The van der Waals surface area contributed by atoms with Gasteiger partial charge in [-0.2, -0.15) is 0 Å². The highest BCUT2D eigenvalue weighted by atomic mass is 16.7. The van der Waals surface area contributed by atoms with Crippen molar-refractivity contribution in [1.29, 1.82) is 0 Å². The van der Waals surface area contributed by atoms with Gasteiger partial charge in [-0.3, -0.25) is 4.79 Å². The molecular formula is C12H23NO3. The maximum Gasteiger partial charge on any atom is 0.220 e. The van der Waals surface area contributed by atoms with Crippen LogP contribution in [0.25, 0.3) is 0 Å². The fourth-order valence-corrected chi connectivity index (χ4v) is 1.62. The van der Waals surface area contributed by atoms with E-state index < -0.39 is 5.79 Å². The Morgan fingerprint density at radius 2 is 2.25 bits per heavy atom. The molecule has 4 nitrogen and oxygen atoms in total. The molecule has 1 N–H and O–H groups in total. The molecule has 1 rings (SSSR count). The first-order valence-corrected chi connectivity index (χ1v) is 6.01. The van der Waals surface area contributed by atoms with E-state index in [4.69, 9.17) is 9.47 Å². The second-order valence-corrected chi connectivity index (χ2v) is 4.97. The average molecular weight is 229 g/mol. The number of nitrogens with one attached hydrogen (secondary N) is 1. The molecule has 0 aromatic heterocycles. The largest absolute Gasteiger partial charge is 0.353 e. The number of hydrogen-bond donors (Lipinski definition) is 1. The summed E-state index contributed by atoms with van der Waals surface area (Å²) in [7, 11) is 0. The summed E-state index contributed by atoms with van der Waals surface area (Å²) in [6.45, 7) is 9.03. The topological polar surface area (TPSA) is 47.6 Å². The van der Waals surface area contributed by atoms with Gasteiger partial charge in [0.25, 0.3) is 0 Å². The average Bonchev–Trinajstić information content (AvgIpc) is 2.55. The van der Waals surface area contributed by atoms with Crippen LogP contribution in [0, 0.1) is 5.92 Å². The van der Waals surface area contributed by atoms with Gasteiger partial charge in [-0.05, 0) is 19.8 Å². The maximum absolute atomic E-state index is 11.5. The van der Waals surface area contributed by atoms with E-state index in [-0.39, 0.29) is 12.0 Å². The summed E-state index contributed by atoms with van der Waals surface area (Å²) in [5.41, 5.74) is 0. The molecule has 0 saturated carbocycles. The van der Waals surface area contributed by atoms with E-state index in [1.54, 1.807) is 0 Å². The molecule has 0 spiro atoms. The van der Waals surface area contributed by atoms with E-state index >= 15 is 0 Å². The van der Waals surface area contributed by atoms with E-state index in [1.165, 1.54) is 0 Å². The molecule has 1 amide bonds. The van der Waals surface area contributed by atoms with Crippen molar-refractivity contribution in [2.24, 2.45) is 5.92 Å². The second-order valence-electron chi connectivity index (χ2n) is 4.97. The van der Waals surface area contributed by atoms with Crippen molar-refractivity contribution in [3.63, 3.8) is 0 Å². The van der Waals surface area contributed by atoms with E-state index in [0.717, 1.165) is 6.42 Å². The Bertz CT molecular complexity index is 240. The van der Waals surface area contributed by atoms with Crippen molar-refractivity contribution in [1.82, 2.24) is 5.32 Å². The summed E-state index contributed by atoms with van der Waals surface area (Å²) >= 11 is 0. The lowest BCUT2D eigenvalue weighted by Gasteiger charge is -2.17. The van der Waals surface area contributed by atoms with Crippen molar-refractivity contribution in [3.05, 3.63) is 0 Å². The molecule has 1 heterocycles. The van der Waals surface area contributed by atoms with E-state index in [0.29, 0.717) is 25.5 Å². The Balaban J connectivity index is 2.18. The van der Waals surface area contributed by atoms with E-state index in [9.17, 15) is 4.79 Å². The van der Waals surface area contributed by atoms with Crippen LogP contribution in [0.1, 0.15) is 40.5 Å². The standard InChI is InChI=1S/C12H23NO3/c1-5-9(2)6-11(14)13-7-10-8-15-12(3,4)16-10/h9-10H,5-8H2,1-4H3,(H,13,14). The van der Waals surface area contributed by atoms with Crippen LogP contribution in [0.5, 0.6) is 0 Å². The lowest BCUT2D eigenvalue weighted by molar-refractivity contribution is -0.139. The number of hydrogen-bond acceptors (Lipinski definition) is 3. The molecule has 1 fully saturated rings. The summed E-state index contributed by atoms with van der Waals surface area (Å²) in [5, 5.41) is 2.88. The minimum atomic E-state index is -0.508. The molecule has 94 valence electrons. The SMILES string of the molecule is CCC(C)CC(=O)NCC1COC(C)(C)O1. The molecule has 1 aliphatic rings. The fraction of sp³-hybridized carbons (Fsp3) is 0.917. The highest BCUT2D eigenvalue weighted by Crippen LogP contribution is 2.21. The Kier molecular flexibility index (Phi) is 4.74. The van der Waals surface area contributed by atoms with E-state index in [1.807, 2.05) is 13.8 Å². The van der Waals surface area contributed by atoms with Gasteiger partial charge >= 0.3 is 0 Å². The number of amides is 1. The van der Waals surface area contributed by atoms with Crippen molar-refractivity contribution < 1.29 is 14.3 Å². The minimum Gasteiger partial charge on any atom is -0.353 e. The first-order chi connectivity index (χ1) is 7.43. The van der Waals surface area contributed by atoms with Crippen LogP contribution >= 0.6 is 0 Å². The third kappa shape index (κ3) is 4.49. The molecular weight excluding hydrogens is 206 g/mol. The fourth-order valence-electron chi connectivity index (χ4n) is 1.62. The number of ether oxygens (including phenoxy) is 2. The Morgan fingerprint density at radius 1 is 1.56 bits per heavy atom. The second kappa shape index (κ2) is 5.64. The summed E-state index contributed by atoms with van der Waals surface area (Å²) < 4.78 is 11.0. The summed E-state index contributed by atoms with van der Waals surface area (Å²) in [5.74, 6) is 0.0337. The monoisotopic (exact) mass is 229 g/mol. The van der Waals surface area contributed by atoms with Crippen LogP contribution in [0.3, 0.4) is 0 Å². The smallest absolute Gasteiger partial charge is 0.220 e. The third-order valence-corrected chi connectivity index (χ3v) is 2.82. The number of rotatable bonds is 5. The molecule has 0 aromatic carbocycles. The Hall–Kier alpha value is -0.610. The molecule has 16 heavy (non-hydrogen) atoms. The number of carbonyl (C=O) groups excluding carboxylic acids is 1. The van der Waals surface area contributed by atoms with Gasteiger partial charge in [-0.15, -0.1) is 0 Å². The molecule has 0 aromatic rings. The zero-order chi connectivity index (χ0) is 12.2. The summed E-state index contributed by atoms with van der Waals surface area (Å²) in [6.07, 6.45) is 1.60. The minimum absolute atomic E-state index is 0.0177. The van der Waals surface area contributed by atoms with Gasteiger partial charge < -0.3 is 14.8 Å². The van der Waals surface area contributed by atoms with Gasteiger partial charge in [0, 0.05) is 13.0 Å². The summed E-state index contributed by atoms with van der Waals surface area (Å²) in [4.78, 5) is 11.5. The van der Waals surface area contributed by atoms with Crippen LogP contribution in [-0.4, -0.2) is 30.9 Å². The van der Waals surface area contributed by atoms with Gasteiger partial charge in [0.2, 0.25) is 5.91 Å². The normalized spacial score (nSPS) is 25.4. The molecule has 2 unspecified atom stereocenters. The van der Waals surface area contributed by atoms with Crippen molar-refractivity contribution >= 4 is 5.91 Å². The van der Waals surface area contributed by atoms with E-state index in [2.05, 4.69) is 19.2 Å². The zero-order valence-electron chi connectivity index (χ0n) is 10.7. The summed E-state index contributed by atoms with van der Waals surface area (Å²) in [6, 6.07) is 0. The van der Waals surface area contributed by atoms with Gasteiger partial charge in [0.15, 0.2) is 5.79 Å². The highest BCUT2D eigenvalue weighted by molar-refractivity contribution is 5.76. The molecule has 0 bridgehead atoms. The van der Waals surface area contributed by atoms with Crippen LogP contribution in [0.4, 0.5) is 0 Å².